The van der Waals surface area contributed by atoms with Crippen LogP contribution in [0.15, 0.2) is 0 Å². The fraction of sp³-hybridized carbons (Fsp3) is 0.857. The van der Waals surface area contributed by atoms with Gasteiger partial charge in [-0.3, -0.25) is 4.79 Å². The second kappa shape index (κ2) is 5.19. The Hall–Kier alpha value is -0.690. The van der Waals surface area contributed by atoms with E-state index in [9.17, 15) is 57.5 Å². The highest BCUT2D eigenvalue weighted by atomic mass is 79.9. The van der Waals surface area contributed by atoms with Crippen LogP contribution in [0.1, 0.15) is 0 Å². The Kier molecular flexibility index (Phi) is 5.02. The monoisotopic (exact) mass is 408 g/mol. The van der Waals surface area contributed by atoms with Gasteiger partial charge in [-0.2, -0.15) is 43.9 Å². The molecule has 1 nitrogen and oxygen atoms in total. The van der Waals surface area contributed by atoms with Crippen LogP contribution in [0.2, 0.25) is 0 Å². The summed E-state index contributed by atoms with van der Waals surface area (Å²) in [7, 11) is 0. The van der Waals surface area contributed by atoms with Crippen molar-refractivity contribution in [3.05, 3.63) is 0 Å². The van der Waals surface area contributed by atoms with E-state index in [1.165, 1.54) is 0 Å². The fourth-order valence-electron chi connectivity index (χ4n) is 0.864. The lowest BCUT2D eigenvalue weighted by atomic mass is 9.95. The van der Waals surface area contributed by atoms with Crippen LogP contribution in [-0.2, 0) is 4.79 Å². The van der Waals surface area contributed by atoms with Crippen molar-refractivity contribution in [2.45, 2.75) is 36.0 Å². The van der Waals surface area contributed by atoms with Crippen LogP contribution in [0.5, 0.6) is 0 Å². The summed E-state index contributed by atoms with van der Waals surface area (Å²) in [4.78, 5) is 10.0. The van der Waals surface area contributed by atoms with Gasteiger partial charge in [0.05, 0.1) is 0 Å². The minimum Gasteiger partial charge on any atom is -0.280 e. The molecule has 0 aromatic rings. The number of carbonyl (C=O) groups is 1. The number of carbonyl (C=O) groups excluding carboxylic acids is 1. The molecule has 0 saturated heterocycles. The molecule has 0 atom stereocenters. The van der Waals surface area contributed by atoms with Crippen LogP contribution in [0.3, 0.4) is 0 Å². The molecule has 126 valence electrons. The van der Waals surface area contributed by atoms with Crippen LogP contribution >= 0.6 is 15.9 Å². The van der Waals surface area contributed by atoms with Crippen LogP contribution in [-0.4, -0.2) is 40.7 Å². The van der Waals surface area contributed by atoms with Crippen molar-refractivity contribution in [3.63, 3.8) is 0 Å². The average Bonchev–Trinajstić information content (AvgIpc) is 2.27. The fourth-order valence-corrected chi connectivity index (χ4v) is 1.11. The zero-order chi connectivity index (χ0) is 17.7. The molecule has 14 heteroatoms. The van der Waals surface area contributed by atoms with Crippen LogP contribution < -0.4 is 0 Å². The Morgan fingerprint density at radius 1 is 0.714 bits per heavy atom. The van der Waals surface area contributed by atoms with E-state index in [1.807, 2.05) is 0 Å². The maximum Gasteiger partial charge on any atom is 0.386 e. The van der Waals surface area contributed by atoms with E-state index in [1.54, 1.807) is 0 Å². The van der Waals surface area contributed by atoms with Crippen LogP contribution in [0.4, 0.5) is 52.7 Å². The summed E-state index contributed by atoms with van der Waals surface area (Å²) in [6.07, 6.45) is -5.57. The smallest absolute Gasteiger partial charge is 0.280 e. The Balaban J connectivity index is 6.15. The minimum atomic E-state index is -7.67. The molecule has 0 heterocycles. The molecule has 0 fully saturated rings. The average molecular weight is 409 g/mol. The maximum atomic E-state index is 12.7. The molecule has 21 heavy (non-hydrogen) atoms. The normalized spacial score (nSPS) is 15.5. The third-order valence-electron chi connectivity index (χ3n) is 2.12. The summed E-state index contributed by atoms with van der Waals surface area (Å²) in [5, 5.41) is 0. The highest BCUT2D eigenvalue weighted by molar-refractivity contribution is 9.18. The Labute approximate surface area is 115 Å². The van der Waals surface area contributed by atoms with Gasteiger partial charge >= 0.3 is 36.0 Å². The highest BCUT2D eigenvalue weighted by Gasteiger charge is 2.88. The van der Waals surface area contributed by atoms with Gasteiger partial charge in [-0.25, -0.2) is 8.78 Å². The van der Waals surface area contributed by atoms with E-state index in [-0.39, 0.29) is 0 Å². The first-order valence-corrected chi connectivity index (χ1v) is 5.05. The molecule has 0 aliphatic heterocycles. The molecule has 0 amide bonds. The van der Waals surface area contributed by atoms with Crippen molar-refractivity contribution in [1.82, 2.24) is 0 Å². The molecule has 0 unspecified atom stereocenters. The zero-order valence-electron chi connectivity index (χ0n) is 8.90. The quantitative estimate of drug-likeness (QED) is 0.471. The number of rotatable bonds is 6. The van der Waals surface area contributed by atoms with Crippen LogP contribution in [0.25, 0.3) is 0 Å². The molecule has 0 aromatic heterocycles. The van der Waals surface area contributed by atoms with Gasteiger partial charge in [-0.1, -0.05) is 0 Å². The highest BCUT2D eigenvalue weighted by Crippen LogP contribution is 2.58. The molecule has 0 N–H and O–H groups in total. The molecule has 0 radical (unpaired) electrons. The summed E-state index contributed by atoms with van der Waals surface area (Å²) in [5.74, 6) is -36.3. The van der Waals surface area contributed by atoms with Gasteiger partial charge in [0.25, 0.3) is 4.69 Å². The Morgan fingerprint density at radius 2 is 1.05 bits per heavy atom. The summed E-state index contributed by atoms with van der Waals surface area (Å²) < 4.78 is 146. The van der Waals surface area contributed by atoms with Crippen molar-refractivity contribution < 1.29 is 57.5 Å². The third kappa shape index (κ3) is 2.59. The van der Waals surface area contributed by atoms with Crippen LogP contribution in [0, 0.1) is 0 Å². The first-order chi connectivity index (χ1) is 8.89. The largest absolute Gasteiger partial charge is 0.386 e. The zero-order valence-corrected chi connectivity index (χ0v) is 10.5. The molecular formula is C7HBrF12O. The van der Waals surface area contributed by atoms with Gasteiger partial charge in [-0.15, -0.1) is 0 Å². The van der Waals surface area contributed by atoms with Gasteiger partial charge in [0.1, 0.15) is 0 Å². The number of hydrogen-bond donors (Lipinski definition) is 0. The number of hydrogen-bond acceptors (Lipinski definition) is 1. The summed E-state index contributed by atoms with van der Waals surface area (Å²) in [5.41, 5.74) is 0. The lowest BCUT2D eigenvalue weighted by molar-refractivity contribution is -0.406. The number of halogens is 13. The molecular weight excluding hydrogens is 408 g/mol. The van der Waals surface area contributed by atoms with Crippen molar-refractivity contribution >= 4 is 20.6 Å². The lowest BCUT2D eigenvalue weighted by Gasteiger charge is -2.38. The molecule has 0 aliphatic carbocycles. The minimum absolute atomic E-state index is 1.09. The van der Waals surface area contributed by atoms with E-state index in [4.69, 9.17) is 0 Å². The lowest BCUT2D eigenvalue weighted by Crippen LogP contribution is -2.69. The molecule has 0 spiro atoms. The van der Waals surface area contributed by atoms with E-state index in [2.05, 4.69) is 0 Å². The molecule has 0 bridgehead atoms. The van der Waals surface area contributed by atoms with E-state index in [0.29, 0.717) is 0 Å². The molecule has 0 aromatic carbocycles. The van der Waals surface area contributed by atoms with Crippen molar-refractivity contribution in [2.75, 3.05) is 0 Å². The standard InChI is InChI=1S/C7HBrF12O/c8-1(21)3(11,12)5(15,16)7(19,20)6(17,18)4(13,14)2(9)10/h2H. The summed E-state index contributed by atoms with van der Waals surface area (Å²) in [6, 6.07) is 0. The first-order valence-electron chi connectivity index (χ1n) is 4.26. The van der Waals surface area contributed by atoms with Crippen molar-refractivity contribution in [1.29, 1.82) is 0 Å². The predicted octanol–water partition coefficient (Wildman–Crippen LogP) is 4.35. The Bertz CT molecular complexity index is 416. The van der Waals surface area contributed by atoms with Crippen molar-refractivity contribution in [3.8, 4) is 0 Å². The van der Waals surface area contributed by atoms with Gasteiger partial charge in [0.15, 0.2) is 0 Å². The molecule has 0 aliphatic rings. The second-order valence-corrected chi connectivity index (χ2v) is 4.22. The summed E-state index contributed by atoms with van der Waals surface area (Å²) >= 11 is 1.09. The topological polar surface area (TPSA) is 17.1 Å². The Morgan fingerprint density at radius 3 is 1.29 bits per heavy atom. The second-order valence-electron chi connectivity index (χ2n) is 3.49. The van der Waals surface area contributed by atoms with E-state index < -0.39 is 40.7 Å². The van der Waals surface area contributed by atoms with Gasteiger partial charge in [-0.05, 0) is 15.9 Å². The third-order valence-corrected chi connectivity index (χ3v) is 2.62. The van der Waals surface area contributed by atoms with E-state index in [0.717, 1.165) is 15.9 Å². The number of alkyl halides is 12. The van der Waals surface area contributed by atoms with E-state index >= 15 is 0 Å². The first kappa shape index (κ1) is 20.3. The molecule has 0 saturated carbocycles. The van der Waals surface area contributed by atoms with Gasteiger partial charge in [0.2, 0.25) is 0 Å². The van der Waals surface area contributed by atoms with Gasteiger partial charge < -0.3 is 0 Å². The molecule has 0 rings (SSSR count). The summed E-state index contributed by atoms with van der Waals surface area (Å²) in [6.45, 7) is 0. The van der Waals surface area contributed by atoms with Gasteiger partial charge in [0, 0.05) is 0 Å². The van der Waals surface area contributed by atoms with Crippen molar-refractivity contribution in [2.24, 2.45) is 0 Å². The maximum absolute atomic E-state index is 12.7. The SMILES string of the molecule is O=C(Br)C(F)(F)C(F)(F)C(F)(F)C(F)(F)C(F)(F)C(F)F. The predicted molar refractivity (Wildman–Crippen MR) is 44.7 cm³/mol.